The Hall–Kier alpha value is -2.47. The molecule has 1 aliphatic carbocycles. The molecule has 104 heavy (non-hydrogen) atoms. The predicted molar refractivity (Wildman–Crippen MR) is 366 cm³/mol. The van der Waals surface area contributed by atoms with E-state index in [1.54, 1.807) is 0 Å². The van der Waals surface area contributed by atoms with Crippen LogP contribution in [0.3, 0.4) is 0 Å². The van der Waals surface area contributed by atoms with Gasteiger partial charge < -0.3 is 139 Å². The molecule has 5 aliphatic rings. The van der Waals surface area contributed by atoms with Gasteiger partial charge in [0, 0.05) is 12.8 Å². The molecular weight excluding hydrogens is 1400 g/mol. The number of aliphatic hydroxyl groups excluding tert-OH is 17. The quantitative estimate of drug-likeness (QED) is 0.0171. The van der Waals surface area contributed by atoms with Crippen LogP contribution in [0.4, 0.5) is 0 Å². The van der Waals surface area contributed by atoms with Crippen LogP contribution in [0.1, 0.15) is 200 Å². The van der Waals surface area contributed by atoms with Crippen LogP contribution in [-0.2, 0) is 70.6 Å². The molecule has 12 unspecified atom stereocenters. The summed E-state index contributed by atoms with van der Waals surface area (Å²) in [6, 6.07) is 0. The van der Waals surface area contributed by atoms with E-state index in [1.807, 2.05) is 0 Å². The molecule has 4 heterocycles. The van der Waals surface area contributed by atoms with Crippen LogP contribution in [0, 0.1) is 0 Å². The highest BCUT2D eigenvalue weighted by atomic mass is 31.2. The van der Waals surface area contributed by atoms with Crippen molar-refractivity contribution in [2.75, 3.05) is 39.6 Å². The number of rotatable bonds is 51. The minimum atomic E-state index is -5.82. The van der Waals surface area contributed by atoms with Crippen LogP contribution >= 0.6 is 7.82 Å². The van der Waals surface area contributed by atoms with Crippen LogP contribution in [0.25, 0.3) is 0 Å². The summed E-state index contributed by atoms with van der Waals surface area (Å²) in [6.07, 6.45) is -19.5. The number of hydrogen-bond acceptors (Lipinski definition) is 32. The normalized spacial score (nSPS) is 35.8. The van der Waals surface area contributed by atoms with Crippen LogP contribution in [-0.4, -0.2) is 309 Å². The first kappa shape index (κ1) is 92.1. The zero-order chi connectivity index (χ0) is 76.3. The van der Waals surface area contributed by atoms with Crippen molar-refractivity contribution < 1.29 is 162 Å². The van der Waals surface area contributed by atoms with E-state index < -0.39 is 225 Å². The van der Waals surface area contributed by atoms with E-state index in [1.165, 1.54) is 77.0 Å². The van der Waals surface area contributed by atoms with Gasteiger partial charge in [0.2, 0.25) is 0 Å². The molecule has 608 valence electrons. The Morgan fingerprint density at radius 3 is 1.09 bits per heavy atom. The van der Waals surface area contributed by atoms with Crippen molar-refractivity contribution in [2.24, 2.45) is 0 Å². The number of allylic oxidation sites excluding steroid dienone is 4. The Morgan fingerprint density at radius 1 is 0.375 bits per heavy atom. The van der Waals surface area contributed by atoms with Gasteiger partial charge in [0.15, 0.2) is 31.3 Å². The van der Waals surface area contributed by atoms with Crippen molar-refractivity contribution in [3.63, 3.8) is 0 Å². The predicted octanol–water partition coefficient (Wildman–Crippen LogP) is 0.524. The Morgan fingerprint density at radius 2 is 0.692 bits per heavy atom. The van der Waals surface area contributed by atoms with Gasteiger partial charge in [-0.15, -0.1) is 0 Å². The number of carbonyl (C=O) groups excluding carboxylic acids is 2. The number of carbonyl (C=O) groups is 2. The molecule has 0 bridgehead atoms. The Kier molecular flexibility index (Phi) is 44.0. The van der Waals surface area contributed by atoms with Gasteiger partial charge in [-0.05, 0) is 64.2 Å². The zero-order valence-corrected chi connectivity index (χ0v) is 61.2. The topological polar surface area (TPSA) is 526 Å². The summed E-state index contributed by atoms with van der Waals surface area (Å²) in [5.74, 6) is -1.46. The van der Waals surface area contributed by atoms with Gasteiger partial charge in [-0.2, -0.15) is 0 Å². The van der Waals surface area contributed by atoms with Gasteiger partial charge in [-0.25, -0.2) is 4.57 Å². The fourth-order valence-electron chi connectivity index (χ4n) is 12.9. The number of unbranched alkanes of at least 4 members (excludes halogenated alkanes) is 23. The molecule has 28 atom stereocenters. The number of phosphoric ester groups is 1. The molecule has 0 aromatic rings. The molecule has 0 aromatic carbocycles. The first-order chi connectivity index (χ1) is 49.8. The summed E-state index contributed by atoms with van der Waals surface area (Å²) >= 11 is 0. The lowest BCUT2D eigenvalue weighted by Gasteiger charge is -2.49. The monoisotopic (exact) mass is 1520 g/mol. The number of phosphoric acid groups is 1. The summed E-state index contributed by atoms with van der Waals surface area (Å²) in [5.41, 5.74) is 0. The average molecular weight is 1530 g/mol. The minimum Gasteiger partial charge on any atom is -0.462 e. The lowest BCUT2D eigenvalue weighted by atomic mass is 9.84. The molecule has 0 aromatic heterocycles. The van der Waals surface area contributed by atoms with Gasteiger partial charge in [0.25, 0.3) is 0 Å². The van der Waals surface area contributed by atoms with E-state index in [4.69, 9.17) is 56.4 Å². The SMILES string of the molecule is CCCCCCCC/C=C\CCCCCCCC(=O)O[C@H](COC(=O)CCCCCCC/C=C\CCCCCCCCC)COP(=O)(O)O[C@@H]1C(O[C@@H]2OC(CO[C@@H]3OC(CO[C@@H]4OC(CO)[C@H](O)C(O)[C@@H]4O)[C@H](O)C(O)[C@@H]3O)[C@H](O)C(O)[C@@H]2O)C(O)[C@@H](O)C(O)[C@H]1O[C@H]1OC(CO)[C@@H](O)C(O)[C@H]1O. The van der Waals surface area contributed by atoms with E-state index in [0.717, 1.165) is 77.0 Å². The Balaban J connectivity index is 1.28. The number of ether oxygens (including phenoxy) is 10. The van der Waals surface area contributed by atoms with E-state index in [-0.39, 0.29) is 12.8 Å². The first-order valence-corrected chi connectivity index (χ1v) is 39.2. The maximum atomic E-state index is 14.4. The minimum absolute atomic E-state index is 0.0160. The Labute approximate surface area is 609 Å². The summed E-state index contributed by atoms with van der Waals surface area (Å²) in [6.45, 7) is -0.923. The van der Waals surface area contributed by atoms with Crippen LogP contribution in [0.15, 0.2) is 24.3 Å². The molecule has 0 spiro atoms. The molecule has 18 N–H and O–H groups in total. The van der Waals surface area contributed by atoms with Gasteiger partial charge in [0.1, 0.15) is 141 Å². The third kappa shape index (κ3) is 30.3. The van der Waals surface area contributed by atoms with Crippen molar-refractivity contribution in [1.82, 2.24) is 0 Å². The third-order valence-electron chi connectivity index (χ3n) is 19.4. The number of esters is 2. The maximum Gasteiger partial charge on any atom is 0.472 e. The third-order valence-corrected chi connectivity index (χ3v) is 20.4. The number of hydrogen-bond donors (Lipinski definition) is 18. The Bertz CT molecular complexity index is 2420. The van der Waals surface area contributed by atoms with Crippen LogP contribution in [0.2, 0.25) is 0 Å². The molecule has 34 heteroatoms. The lowest BCUT2D eigenvalue weighted by Crippen LogP contribution is -2.69. The van der Waals surface area contributed by atoms with E-state index in [2.05, 4.69) is 38.2 Å². The van der Waals surface area contributed by atoms with E-state index >= 15 is 0 Å². The molecule has 5 fully saturated rings. The molecule has 4 saturated heterocycles. The fourth-order valence-corrected chi connectivity index (χ4v) is 13.8. The standard InChI is InChI=1S/C70H125O33P/c1-3-5-7-9-11-13-15-17-19-21-22-24-26-28-30-32-34-47(73)92-38-42(96-48(74)35-33-31-29-27-25-23-20-18-16-14-12-10-8-6-4-2)39-95-104(90,91)103-66-64(101-69-62(88)54(80)50(76)44(37-72)98-69)58(84)57(83)59(85)65(66)102-70-63(89)56(82)52(78)46(100-70)41-94-68-61(87)55(81)51(77)45(99-68)40-93-67-60(86)53(79)49(75)43(36-71)97-67/h18-21,42-46,49-72,75-89H,3-17,22-41H2,1-2H3,(H,90,91)/b20-18-,21-19-/t42-,43?,44?,45?,46?,49+,50-,51+,52+,53?,54?,55?,56?,57+,58?,59?,60+,61+,62-,63+,64-,65?,66+,67-,68-,69-,70+/m1/s1. The van der Waals surface area contributed by atoms with Gasteiger partial charge >= 0.3 is 19.8 Å². The van der Waals surface area contributed by atoms with E-state index in [9.17, 15) is 106 Å². The summed E-state index contributed by atoms with van der Waals surface area (Å²) < 4.78 is 81.5. The van der Waals surface area contributed by atoms with Crippen molar-refractivity contribution in [3.8, 4) is 0 Å². The van der Waals surface area contributed by atoms with Crippen molar-refractivity contribution in [1.29, 1.82) is 0 Å². The van der Waals surface area contributed by atoms with Gasteiger partial charge in [-0.1, -0.05) is 147 Å². The van der Waals surface area contributed by atoms with Gasteiger partial charge in [0.05, 0.1) is 33.0 Å². The molecule has 33 nitrogen and oxygen atoms in total. The van der Waals surface area contributed by atoms with E-state index in [0.29, 0.717) is 19.3 Å². The molecule has 0 radical (unpaired) electrons. The second-order valence-corrected chi connectivity index (χ2v) is 29.3. The lowest BCUT2D eigenvalue weighted by molar-refractivity contribution is -0.365. The van der Waals surface area contributed by atoms with Crippen molar-refractivity contribution in [3.05, 3.63) is 24.3 Å². The maximum absolute atomic E-state index is 14.4. The zero-order valence-electron chi connectivity index (χ0n) is 60.3. The van der Waals surface area contributed by atoms with Crippen molar-refractivity contribution >= 4 is 19.8 Å². The summed E-state index contributed by atoms with van der Waals surface area (Å²) in [5, 5.41) is 184. The van der Waals surface area contributed by atoms with Crippen molar-refractivity contribution in [2.45, 2.75) is 366 Å². The largest absolute Gasteiger partial charge is 0.472 e. The highest BCUT2D eigenvalue weighted by Crippen LogP contribution is 2.49. The second kappa shape index (κ2) is 49.7. The smallest absolute Gasteiger partial charge is 0.462 e. The molecule has 1 saturated carbocycles. The van der Waals surface area contributed by atoms with Gasteiger partial charge in [-0.3, -0.25) is 18.6 Å². The van der Waals surface area contributed by atoms with Crippen LogP contribution < -0.4 is 0 Å². The molecular formula is C70H125O33P. The summed E-state index contributed by atoms with van der Waals surface area (Å²) in [7, 11) is -5.82. The molecule has 0 amide bonds. The fraction of sp³-hybridized carbons (Fsp3) is 0.914. The first-order valence-electron chi connectivity index (χ1n) is 37.7. The highest BCUT2D eigenvalue weighted by molar-refractivity contribution is 7.47. The molecule has 5 rings (SSSR count). The molecule has 4 aliphatic heterocycles. The summed E-state index contributed by atoms with van der Waals surface area (Å²) in [4.78, 5) is 38.2. The average Bonchev–Trinajstić information content (AvgIpc) is 0.759. The van der Waals surface area contributed by atoms with Crippen LogP contribution in [0.5, 0.6) is 0 Å². The highest BCUT2D eigenvalue weighted by Gasteiger charge is 2.59. The second-order valence-electron chi connectivity index (χ2n) is 27.9. The number of aliphatic hydroxyl groups is 17.